The van der Waals surface area contributed by atoms with Crippen molar-refractivity contribution in [1.82, 2.24) is 9.80 Å². The number of hydrogen-bond acceptors (Lipinski definition) is 9. The van der Waals surface area contributed by atoms with Gasteiger partial charge < -0.3 is 45.1 Å². The van der Waals surface area contributed by atoms with Gasteiger partial charge in [-0.3, -0.25) is 19.2 Å². The molecule has 13 heteroatoms. The number of para-hydroxylation sites is 1. The molecule has 0 aromatic heterocycles. The highest BCUT2D eigenvalue weighted by Crippen LogP contribution is 2.33. The Kier molecular flexibility index (Phi) is 15.9. The van der Waals surface area contributed by atoms with Crippen molar-refractivity contribution in [2.24, 2.45) is 5.73 Å². The van der Waals surface area contributed by atoms with E-state index in [1.807, 2.05) is 30.0 Å². The van der Waals surface area contributed by atoms with Gasteiger partial charge in [-0.05, 0) is 101 Å². The SMILES string of the molecule is Cc1ccc(N(C)C(=O)c2ccc(NC(=O)c3ccccc3OCCCN)c(OCCCC(=O)O)c2)c(OCCCCCC(=O)N2CCN(C)CC2)c1. The average Bonchev–Trinajstić information content (AvgIpc) is 3.15. The second-order valence-corrected chi connectivity index (χ2v) is 13.2. The van der Waals surface area contributed by atoms with E-state index in [1.54, 1.807) is 43.4 Å². The number of unbranched alkanes of at least 4 members (excludes halogenated alkanes) is 2. The maximum absolute atomic E-state index is 13.9. The molecule has 3 amide bonds. The van der Waals surface area contributed by atoms with Gasteiger partial charge in [0.15, 0.2) is 0 Å². The molecule has 0 unspecified atom stereocenters. The molecule has 286 valence electrons. The highest BCUT2D eigenvalue weighted by Gasteiger charge is 2.22. The molecule has 0 saturated carbocycles. The summed E-state index contributed by atoms with van der Waals surface area (Å²) in [7, 11) is 3.73. The number of nitrogens with one attached hydrogen (secondary N) is 1. The van der Waals surface area contributed by atoms with Crippen LogP contribution >= 0.6 is 0 Å². The van der Waals surface area contributed by atoms with Crippen LogP contribution in [0.1, 0.15) is 71.2 Å². The van der Waals surface area contributed by atoms with E-state index in [1.165, 1.54) is 11.0 Å². The molecule has 1 aliphatic heterocycles. The Balaban J connectivity index is 1.42. The number of amides is 3. The monoisotopic (exact) mass is 731 g/mol. The molecule has 1 fully saturated rings. The highest BCUT2D eigenvalue weighted by molar-refractivity contribution is 6.09. The molecular formula is C40H53N5O8. The number of carbonyl (C=O) groups is 4. The molecule has 1 saturated heterocycles. The molecular weight excluding hydrogens is 678 g/mol. The van der Waals surface area contributed by atoms with Crippen LogP contribution in [0.5, 0.6) is 17.2 Å². The van der Waals surface area contributed by atoms with Crippen LogP contribution in [0.25, 0.3) is 0 Å². The number of carbonyl (C=O) groups excluding carboxylic acids is 3. The third-order valence-electron chi connectivity index (χ3n) is 8.94. The number of aryl methyl sites for hydroxylation is 1. The molecule has 1 aliphatic rings. The molecule has 4 N–H and O–H groups in total. The summed E-state index contributed by atoms with van der Waals surface area (Å²) in [5, 5.41) is 12.0. The summed E-state index contributed by atoms with van der Waals surface area (Å²) in [6.07, 6.45) is 3.70. The van der Waals surface area contributed by atoms with Gasteiger partial charge in [-0.2, -0.15) is 0 Å². The normalized spacial score (nSPS) is 12.9. The molecule has 0 bridgehead atoms. The van der Waals surface area contributed by atoms with E-state index in [0.717, 1.165) is 51.0 Å². The largest absolute Gasteiger partial charge is 0.493 e. The topological polar surface area (TPSA) is 164 Å². The van der Waals surface area contributed by atoms with Crippen molar-refractivity contribution in [2.45, 2.75) is 51.9 Å². The van der Waals surface area contributed by atoms with Gasteiger partial charge in [-0.25, -0.2) is 0 Å². The number of rotatable bonds is 20. The van der Waals surface area contributed by atoms with Crippen molar-refractivity contribution in [1.29, 1.82) is 0 Å². The lowest BCUT2D eigenvalue weighted by Crippen LogP contribution is -2.47. The van der Waals surface area contributed by atoms with Gasteiger partial charge in [0.2, 0.25) is 5.91 Å². The Bertz CT molecular complexity index is 1690. The highest BCUT2D eigenvalue weighted by atomic mass is 16.5. The van der Waals surface area contributed by atoms with Gasteiger partial charge >= 0.3 is 5.97 Å². The fourth-order valence-corrected chi connectivity index (χ4v) is 5.79. The van der Waals surface area contributed by atoms with E-state index in [4.69, 9.17) is 25.1 Å². The number of hydrogen-bond donors (Lipinski definition) is 3. The summed E-state index contributed by atoms with van der Waals surface area (Å²) < 4.78 is 17.9. The first-order valence-corrected chi connectivity index (χ1v) is 18.3. The van der Waals surface area contributed by atoms with Crippen molar-refractivity contribution in [3.63, 3.8) is 0 Å². The molecule has 13 nitrogen and oxygen atoms in total. The van der Waals surface area contributed by atoms with Crippen LogP contribution < -0.4 is 30.2 Å². The first kappa shape index (κ1) is 40.6. The Morgan fingerprint density at radius 1 is 0.792 bits per heavy atom. The summed E-state index contributed by atoms with van der Waals surface area (Å²) in [5.74, 6) is -0.337. The predicted molar refractivity (Wildman–Crippen MR) is 204 cm³/mol. The fraction of sp³-hybridized carbons (Fsp3) is 0.450. The Labute approximate surface area is 312 Å². The summed E-state index contributed by atoms with van der Waals surface area (Å²) in [6, 6.07) is 17.2. The third kappa shape index (κ3) is 12.5. The van der Waals surface area contributed by atoms with E-state index in [0.29, 0.717) is 66.6 Å². The number of likely N-dealkylation sites (N-methyl/N-ethyl adjacent to an activating group) is 1. The first-order chi connectivity index (χ1) is 25.6. The molecule has 1 heterocycles. The lowest BCUT2D eigenvalue weighted by molar-refractivity contribution is -0.137. The quantitative estimate of drug-likeness (QED) is 0.132. The van der Waals surface area contributed by atoms with Gasteiger partial charge in [0.25, 0.3) is 11.8 Å². The van der Waals surface area contributed by atoms with E-state index >= 15 is 0 Å². The maximum Gasteiger partial charge on any atom is 0.303 e. The number of anilines is 2. The molecule has 4 rings (SSSR count). The third-order valence-corrected chi connectivity index (χ3v) is 8.94. The van der Waals surface area contributed by atoms with E-state index in [2.05, 4.69) is 17.3 Å². The van der Waals surface area contributed by atoms with Crippen LogP contribution in [0.4, 0.5) is 11.4 Å². The van der Waals surface area contributed by atoms with Crippen LogP contribution in [-0.4, -0.2) is 105 Å². The Morgan fingerprint density at radius 2 is 1.49 bits per heavy atom. The van der Waals surface area contributed by atoms with Crippen molar-refractivity contribution in [3.8, 4) is 17.2 Å². The zero-order valence-corrected chi connectivity index (χ0v) is 31.1. The van der Waals surface area contributed by atoms with Crippen molar-refractivity contribution in [3.05, 3.63) is 77.4 Å². The maximum atomic E-state index is 13.9. The van der Waals surface area contributed by atoms with Crippen molar-refractivity contribution < 1.29 is 38.5 Å². The molecule has 3 aromatic carbocycles. The van der Waals surface area contributed by atoms with Crippen molar-refractivity contribution >= 4 is 35.1 Å². The molecule has 0 radical (unpaired) electrons. The van der Waals surface area contributed by atoms with E-state index in [9.17, 15) is 19.2 Å². The van der Waals surface area contributed by atoms with E-state index in [-0.39, 0.29) is 37.0 Å². The van der Waals surface area contributed by atoms with Crippen LogP contribution in [0.2, 0.25) is 0 Å². The number of ether oxygens (including phenoxy) is 3. The van der Waals surface area contributed by atoms with Gasteiger partial charge in [-0.1, -0.05) is 18.2 Å². The smallest absolute Gasteiger partial charge is 0.303 e. The Hall–Kier alpha value is -5.14. The summed E-state index contributed by atoms with van der Waals surface area (Å²) in [6.45, 7) is 6.64. The average molecular weight is 732 g/mol. The van der Waals surface area contributed by atoms with Crippen LogP contribution in [0.3, 0.4) is 0 Å². The van der Waals surface area contributed by atoms with Crippen LogP contribution in [0.15, 0.2) is 60.7 Å². The molecule has 53 heavy (non-hydrogen) atoms. The molecule has 0 atom stereocenters. The van der Waals surface area contributed by atoms with Crippen LogP contribution in [-0.2, 0) is 9.59 Å². The second-order valence-electron chi connectivity index (χ2n) is 13.2. The Morgan fingerprint density at radius 3 is 2.25 bits per heavy atom. The summed E-state index contributed by atoms with van der Waals surface area (Å²) in [4.78, 5) is 56.6. The van der Waals surface area contributed by atoms with E-state index < -0.39 is 11.9 Å². The van der Waals surface area contributed by atoms with Gasteiger partial charge in [0, 0.05) is 51.6 Å². The summed E-state index contributed by atoms with van der Waals surface area (Å²) in [5.41, 5.74) is 8.06. The molecule has 3 aromatic rings. The lowest BCUT2D eigenvalue weighted by atomic mass is 10.1. The minimum atomic E-state index is -0.952. The second kappa shape index (κ2) is 20.8. The number of piperazine rings is 1. The number of benzene rings is 3. The van der Waals surface area contributed by atoms with Gasteiger partial charge in [0.05, 0.1) is 36.8 Å². The minimum absolute atomic E-state index is 0.0569. The zero-order chi connectivity index (χ0) is 38.2. The minimum Gasteiger partial charge on any atom is -0.493 e. The molecule has 0 aliphatic carbocycles. The number of carboxylic acids is 1. The van der Waals surface area contributed by atoms with Gasteiger partial charge in [-0.15, -0.1) is 0 Å². The number of nitrogens with two attached hydrogens (primary N) is 1. The van der Waals surface area contributed by atoms with Crippen molar-refractivity contribution in [2.75, 3.05) is 76.9 Å². The summed E-state index contributed by atoms with van der Waals surface area (Å²) >= 11 is 0. The van der Waals surface area contributed by atoms with Crippen LogP contribution in [0, 0.1) is 6.92 Å². The lowest BCUT2D eigenvalue weighted by Gasteiger charge is -2.32. The zero-order valence-electron chi connectivity index (χ0n) is 31.1. The molecule has 0 spiro atoms. The standard InChI is InChI=1S/C40H53N5O8/c1-29-15-18-33(36(27-29)53-24-8-4-5-13-37(46)45-22-20-43(2)21-23-45)44(3)40(50)30-16-17-32(35(28-30)52-25-9-14-38(47)48)42-39(49)31-11-6-7-12-34(31)51-26-10-19-41/h6-7,11-12,15-18,27-28H,4-5,8-10,13-14,19-26,41H2,1-3H3,(H,42,49)(H,47,48). The number of nitrogens with zero attached hydrogens (tertiary/aromatic N) is 3. The number of carboxylic acid groups (broad SMARTS) is 1. The fourth-order valence-electron chi connectivity index (χ4n) is 5.79. The van der Waals surface area contributed by atoms with Gasteiger partial charge in [0.1, 0.15) is 17.2 Å². The number of aliphatic carboxylic acids is 1. The predicted octanol–water partition coefficient (Wildman–Crippen LogP) is 5.21. The first-order valence-electron chi connectivity index (χ1n) is 18.3.